The van der Waals surface area contributed by atoms with Crippen LogP contribution in [0.25, 0.3) is 0 Å². The van der Waals surface area contributed by atoms with Crippen LogP contribution in [0, 0.1) is 13.8 Å². The normalized spacial score (nSPS) is 13.4. The van der Waals surface area contributed by atoms with Gasteiger partial charge in [-0.25, -0.2) is 4.98 Å². The lowest BCUT2D eigenvalue weighted by Gasteiger charge is -2.20. The quantitative estimate of drug-likeness (QED) is 0.894. The van der Waals surface area contributed by atoms with Crippen molar-refractivity contribution in [3.63, 3.8) is 0 Å². The highest BCUT2D eigenvalue weighted by Gasteiger charge is 2.31. The van der Waals surface area contributed by atoms with Crippen LogP contribution < -0.4 is 5.32 Å². The monoisotopic (exact) mass is 296 g/mol. The number of nitrogens with one attached hydrogen (secondary N) is 1. The fraction of sp³-hybridized carbons (Fsp3) is 0.400. The maximum Gasteiger partial charge on any atom is 0.285 e. The predicted molar refractivity (Wildman–Crippen MR) is 78.3 cm³/mol. The lowest BCUT2D eigenvalue weighted by Crippen LogP contribution is -2.32. The maximum absolute atomic E-state index is 14.1. The summed E-state index contributed by atoms with van der Waals surface area (Å²) in [6, 6.07) is 7.77. The Morgan fingerprint density at radius 3 is 2.45 bits per heavy atom. The van der Waals surface area contributed by atoms with Gasteiger partial charge in [-0.2, -0.15) is 8.78 Å². The molecule has 20 heavy (non-hydrogen) atoms. The van der Waals surface area contributed by atoms with Crippen molar-refractivity contribution in [2.45, 2.75) is 32.7 Å². The van der Waals surface area contributed by atoms with E-state index in [1.54, 1.807) is 29.5 Å². The zero-order chi connectivity index (χ0) is 14.8. The fourth-order valence-electron chi connectivity index (χ4n) is 2.11. The van der Waals surface area contributed by atoms with E-state index in [9.17, 15) is 8.78 Å². The van der Waals surface area contributed by atoms with E-state index < -0.39 is 5.92 Å². The SMILES string of the molecule is Cc1nc(C)c(C(C)NCC(F)(F)c2ccccc2)s1. The molecule has 1 aromatic heterocycles. The lowest BCUT2D eigenvalue weighted by molar-refractivity contribution is -0.00528. The van der Waals surface area contributed by atoms with E-state index in [4.69, 9.17) is 0 Å². The van der Waals surface area contributed by atoms with E-state index in [-0.39, 0.29) is 18.2 Å². The fourth-order valence-corrected chi connectivity index (χ4v) is 3.06. The Morgan fingerprint density at radius 2 is 1.90 bits per heavy atom. The van der Waals surface area contributed by atoms with E-state index in [1.807, 2.05) is 20.8 Å². The number of aryl methyl sites for hydroxylation is 2. The first-order chi connectivity index (χ1) is 9.40. The Labute approximate surface area is 121 Å². The molecule has 1 aromatic carbocycles. The van der Waals surface area contributed by atoms with Gasteiger partial charge in [-0.1, -0.05) is 30.3 Å². The van der Waals surface area contributed by atoms with Crippen LogP contribution >= 0.6 is 11.3 Å². The summed E-state index contributed by atoms with van der Waals surface area (Å²) in [5.41, 5.74) is 0.951. The van der Waals surface area contributed by atoms with Crippen molar-refractivity contribution in [2.24, 2.45) is 0 Å². The molecule has 1 N–H and O–H groups in total. The molecule has 1 unspecified atom stereocenters. The third kappa shape index (κ3) is 3.41. The van der Waals surface area contributed by atoms with Crippen LogP contribution in [-0.2, 0) is 5.92 Å². The van der Waals surface area contributed by atoms with Crippen LogP contribution in [0.4, 0.5) is 8.78 Å². The molecule has 0 saturated heterocycles. The molecule has 0 bridgehead atoms. The molecule has 2 aromatic rings. The summed E-state index contributed by atoms with van der Waals surface area (Å²) in [5.74, 6) is -2.87. The van der Waals surface area contributed by atoms with Gasteiger partial charge in [0, 0.05) is 16.5 Å². The van der Waals surface area contributed by atoms with E-state index in [0.717, 1.165) is 15.6 Å². The second-order valence-electron chi connectivity index (χ2n) is 4.86. The molecule has 1 heterocycles. The summed E-state index contributed by atoms with van der Waals surface area (Å²) in [5, 5.41) is 3.87. The molecule has 2 nitrogen and oxygen atoms in total. The summed E-state index contributed by atoms with van der Waals surface area (Å²) < 4.78 is 28.1. The lowest BCUT2D eigenvalue weighted by atomic mass is 10.1. The van der Waals surface area contributed by atoms with Crippen LogP contribution in [0.3, 0.4) is 0 Å². The number of aromatic nitrogens is 1. The molecular weight excluding hydrogens is 278 g/mol. The molecule has 0 amide bonds. The number of hydrogen-bond acceptors (Lipinski definition) is 3. The van der Waals surface area contributed by atoms with E-state index in [1.165, 1.54) is 12.1 Å². The minimum absolute atomic E-state index is 0.0388. The first-order valence-corrected chi connectivity index (χ1v) is 7.32. The molecule has 108 valence electrons. The van der Waals surface area contributed by atoms with Crippen molar-refractivity contribution in [2.75, 3.05) is 6.54 Å². The maximum atomic E-state index is 14.1. The van der Waals surface area contributed by atoms with Crippen molar-refractivity contribution in [3.05, 3.63) is 51.5 Å². The minimum Gasteiger partial charge on any atom is -0.303 e. The topological polar surface area (TPSA) is 24.9 Å². The average Bonchev–Trinajstić information content (AvgIpc) is 2.76. The van der Waals surface area contributed by atoms with Gasteiger partial charge < -0.3 is 5.32 Å². The van der Waals surface area contributed by atoms with Gasteiger partial charge in [0.05, 0.1) is 17.2 Å². The number of thiazole rings is 1. The first-order valence-electron chi connectivity index (χ1n) is 6.51. The number of hydrogen-bond donors (Lipinski definition) is 1. The Kier molecular flexibility index (Phi) is 4.50. The Bertz CT molecular complexity index is 567. The molecule has 0 aliphatic heterocycles. The second kappa shape index (κ2) is 5.97. The molecule has 0 radical (unpaired) electrons. The van der Waals surface area contributed by atoms with Gasteiger partial charge in [0.25, 0.3) is 5.92 Å². The highest BCUT2D eigenvalue weighted by atomic mass is 32.1. The van der Waals surface area contributed by atoms with Crippen molar-refractivity contribution in [3.8, 4) is 0 Å². The van der Waals surface area contributed by atoms with Gasteiger partial charge in [0.1, 0.15) is 0 Å². The molecule has 1 atom stereocenters. The van der Waals surface area contributed by atoms with Crippen LogP contribution in [0.2, 0.25) is 0 Å². The molecule has 5 heteroatoms. The predicted octanol–water partition coefficient (Wildman–Crippen LogP) is 4.20. The summed E-state index contributed by atoms with van der Waals surface area (Å²) in [4.78, 5) is 5.35. The van der Waals surface area contributed by atoms with Crippen molar-refractivity contribution in [1.82, 2.24) is 10.3 Å². The second-order valence-corrected chi connectivity index (χ2v) is 6.09. The Hall–Kier alpha value is -1.33. The average molecular weight is 296 g/mol. The van der Waals surface area contributed by atoms with Crippen LogP contribution in [-0.4, -0.2) is 11.5 Å². The largest absolute Gasteiger partial charge is 0.303 e. The number of benzene rings is 1. The molecule has 2 rings (SSSR count). The first kappa shape index (κ1) is 15.1. The molecule has 0 aliphatic rings. The summed E-state index contributed by atoms with van der Waals surface area (Å²) in [7, 11) is 0. The Morgan fingerprint density at radius 1 is 1.25 bits per heavy atom. The van der Waals surface area contributed by atoms with Crippen molar-refractivity contribution >= 4 is 11.3 Å². The van der Waals surface area contributed by atoms with Gasteiger partial charge in [0.15, 0.2) is 0 Å². The van der Waals surface area contributed by atoms with Crippen LogP contribution in [0.5, 0.6) is 0 Å². The molecule has 0 fully saturated rings. The molecule has 0 aliphatic carbocycles. The number of rotatable bonds is 5. The zero-order valence-electron chi connectivity index (χ0n) is 11.8. The minimum atomic E-state index is -2.87. The summed E-state index contributed by atoms with van der Waals surface area (Å²) >= 11 is 1.55. The van der Waals surface area contributed by atoms with Gasteiger partial charge in [0.2, 0.25) is 0 Å². The van der Waals surface area contributed by atoms with Gasteiger partial charge in [-0.15, -0.1) is 11.3 Å². The summed E-state index contributed by atoms with van der Waals surface area (Å²) in [6.07, 6.45) is 0. The standard InChI is InChI=1S/C15H18F2N2S/c1-10(14-11(2)19-12(3)20-14)18-9-15(16,17)13-7-5-4-6-8-13/h4-8,10,18H,9H2,1-3H3. The van der Waals surface area contributed by atoms with Gasteiger partial charge in [-0.05, 0) is 20.8 Å². The highest BCUT2D eigenvalue weighted by Crippen LogP contribution is 2.29. The van der Waals surface area contributed by atoms with Crippen molar-refractivity contribution in [1.29, 1.82) is 0 Å². The highest BCUT2D eigenvalue weighted by molar-refractivity contribution is 7.11. The van der Waals surface area contributed by atoms with Crippen LogP contribution in [0.1, 0.15) is 34.1 Å². The summed E-state index contributed by atoms with van der Waals surface area (Å²) in [6.45, 7) is 5.34. The van der Waals surface area contributed by atoms with Crippen molar-refractivity contribution < 1.29 is 8.78 Å². The van der Waals surface area contributed by atoms with Crippen LogP contribution in [0.15, 0.2) is 30.3 Å². The Balaban J connectivity index is 2.03. The van der Waals surface area contributed by atoms with E-state index >= 15 is 0 Å². The smallest absolute Gasteiger partial charge is 0.285 e. The zero-order valence-corrected chi connectivity index (χ0v) is 12.6. The van der Waals surface area contributed by atoms with E-state index in [0.29, 0.717) is 0 Å². The number of alkyl halides is 2. The molecule has 0 spiro atoms. The van der Waals surface area contributed by atoms with Gasteiger partial charge in [-0.3, -0.25) is 0 Å². The number of halogens is 2. The third-order valence-corrected chi connectivity index (χ3v) is 4.41. The number of nitrogens with zero attached hydrogens (tertiary/aromatic N) is 1. The molecular formula is C15H18F2N2S. The van der Waals surface area contributed by atoms with Gasteiger partial charge >= 0.3 is 0 Å². The molecule has 0 saturated carbocycles. The van der Waals surface area contributed by atoms with E-state index in [2.05, 4.69) is 10.3 Å². The third-order valence-electron chi connectivity index (χ3n) is 3.16.